The largest absolute Gasteiger partial charge is 0.483 e. The van der Waals surface area contributed by atoms with Gasteiger partial charge in [-0.05, 0) is 0 Å². The molecule has 18 heavy (non-hydrogen) atoms. The Morgan fingerprint density at radius 1 is 1.50 bits per heavy atom. The zero-order valence-corrected chi connectivity index (χ0v) is 8.69. The molecule has 6 nitrogen and oxygen atoms in total. The van der Waals surface area contributed by atoms with Crippen LogP contribution in [0.5, 0.6) is 5.75 Å². The Balaban J connectivity index is 3.10. The van der Waals surface area contributed by atoms with E-state index in [1.807, 2.05) is 0 Å². The molecule has 0 amide bonds. The number of hydrogen-bond donors (Lipinski definition) is 1. The first kappa shape index (κ1) is 13.6. The number of rotatable bonds is 3. The molecule has 0 bridgehead atoms. The summed E-state index contributed by atoms with van der Waals surface area (Å²) in [5.41, 5.74) is 3.94. The molecule has 1 rings (SSSR count). The van der Waals surface area contributed by atoms with Gasteiger partial charge in [-0.1, -0.05) is 0 Å². The first-order valence-corrected chi connectivity index (χ1v) is 4.42. The van der Waals surface area contributed by atoms with Crippen molar-refractivity contribution in [3.05, 3.63) is 27.8 Å². The van der Waals surface area contributed by atoms with Crippen LogP contribution in [0.2, 0.25) is 0 Å². The highest BCUT2D eigenvalue weighted by atomic mass is 19.4. The van der Waals surface area contributed by atoms with Crippen LogP contribution in [0.4, 0.5) is 24.5 Å². The summed E-state index contributed by atoms with van der Waals surface area (Å²) in [4.78, 5) is 9.67. The van der Waals surface area contributed by atoms with E-state index in [0.717, 1.165) is 12.1 Å². The van der Waals surface area contributed by atoms with E-state index < -0.39 is 29.1 Å². The smallest absolute Gasteiger partial charge is 0.422 e. The standard InChI is InChI=1S/C9H6F3N3O3/c10-9(11,12)4-18-8-2-6(14)7(15(16)17)1-5(8)3-13/h1-2H,4,14H2. The van der Waals surface area contributed by atoms with E-state index in [1.54, 1.807) is 0 Å². The number of nitrogens with two attached hydrogens (primary N) is 1. The highest BCUT2D eigenvalue weighted by molar-refractivity contribution is 5.66. The topological polar surface area (TPSA) is 102 Å². The molecule has 0 spiro atoms. The van der Waals surface area contributed by atoms with Gasteiger partial charge in [-0.3, -0.25) is 10.1 Å². The van der Waals surface area contributed by atoms with Gasteiger partial charge >= 0.3 is 6.18 Å². The average molecular weight is 261 g/mol. The normalized spacial score (nSPS) is 10.8. The summed E-state index contributed by atoms with van der Waals surface area (Å²) in [6, 6.07) is 3.09. The van der Waals surface area contributed by atoms with Crippen LogP contribution >= 0.6 is 0 Å². The molecule has 1 aromatic rings. The number of anilines is 1. The quantitative estimate of drug-likeness (QED) is 0.509. The van der Waals surface area contributed by atoms with E-state index in [2.05, 4.69) is 4.74 Å². The van der Waals surface area contributed by atoms with Crippen LogP contribution in [0.3, 0.4) is 0 Å². The minimum Gasteiger partial charge on any atom is -0.483 e. The molecule has 96 valence electrons. The van der Waals surface area contributed by atoms with Crippen molar-refractivity contribution in [2.24, 2.45) is 0 Å². The highest BCUT2D eigenvalue weighted by Gasteiger charge is 2.29. The fraction of sp³-hybridized carbons (Fsp3) is 0.222. The molecule has 0 saturated carbocycles. The van der Waals surface area contributed by atoms with Gasteiger partial charge in [-0.15, -0.1) is 0 Å². The van der Waals surface area contributed by atoms with Crippen LogP contribution in [0.15, 0.2) is 12.1 Å². The first-order valence-electron chi connectivity index (χ1n) is 4.42. The number of nitriles is 1. The van der Waals surface area contributed by atoms with Gasteiger partial charge in [0.15, 0.2) is 6.61 Å². The predicted octanol–water partition coefficient (Wildman–Crippen LogP) is 1.99. The van der Waals surface area contributed by atoms with E-state index in [-0.39, 0.29) is 11.3 Å². The lowest BCUT2D eigenvalue weighted by atomic mass is 10.1. The van der Waals surface area contributed by atoms with E-state index >= 15 is 0 Å². The molecule has 0 fully saturated rings. The molecule has 0 aliphatic heterocycles. The van der Waals surface area contributed by atoms with Crippen molar-refractivity contribution in [1.29, 1.82) is 5.26 Å². The van der Waals surface area contributed by atoms with Gasteiger partial charge in [0.05, 0.1) is 4.92 Å². The van der Waals surface area contributed by atoms with Crippen LogP contribution in [0.1, 0.15) is 5.56 Å². The van der Waals surface area contributed by atoms with E-state index in [4.69, 9.17) is 11.0 Å². The van der Waals surface area contributed by atoms with Gasteiger partial charge in [0.25, 0.3) is 5.69 Å². The summed E-state index contributed by atoms with van der Waals surface area (Å²) < 4.78 is 40.2. The van der Waals surface area contributed by atoms with E-state index in [9.17, 15) is 23.3 Å². The second-order valence-corrected chi connectivity index (χ2v) is 3.18. The molecule has 0 atom stereocenters. The number of benzene rings is 1. The third-order valence-corrected chi connectivity index (χ3v) is 1.84. The van der Waals surface area contributed by atoms with Crippen molar-refractivity contribution in [2.45, 2.75) is 6.18 Å². The second kappa shape index (κ2) is 4.79. The Morgan fingerprint density at radius 2 is 2.11 bits per heavy atom. The summed E-state index contributed by atoms with van der Waals surface area (Å²) in [7, 11) is 0. The maximum atomic E-state index is 11.9. The second-order valence-electron chi connectivity index (χ2n) is 3.18. The number of nitrogen functional groups attached to an aromatic ring is 1. The van der Waals surface area contributed by atoms with Gasteiger partial charge < -0.3 is 10.5 Å². The molecular formula is C9H6F3N3O3. The van der Waals surface area contributed by atoms with Gasteiger partial charge in [-0.25, -0.2) is 0 Å². The molecule has 0 aliphatic rings. The third-order valence-electron chi connectivity index (χ3n) is 1.84. The van der Waals surface area contributed by atoms with Crippen molar-refractivity contribution >= 4 is 11.4 Å². The summed E-state index contributed by atoms with van der Waals surface area (Å²) >= 11 is 0. The van der Waals surface area contributed by atoms with Crippen molar-refractivity contribution in [3.8, 4) is 11.8 Å². The fourth-order valence-corrected chi connectivity index (χ4v) is 1.11. The maximum absolute atomic E-state index is 11.9. The Labute approximate surface area is 98.5 Å². The van der Waals surface area contributed by atoms with Gasteiger partial charge in [0.1, 0.15) is 23.1 Å². The maximum Gasteiger partial charge on any atom is 0.422 e. The molecule has 9 heteroatoms. The molecule has 0 heterocycles. The predicted molar refractivity (Wildman–Crippen MR) is 53.8 cm³/mol. The molecule has 0 aromatic heterocycles. The van der Waals surface area contributed by atoms with E-state index in [0.29, 0.717) is 0 Å². The fourth-order valence-electron chi connectivity index (χ4n) is 1.11. The molecule has 0 saturated heterocycles. The first-order chi connectivity index (χ1) is 8.24. The monoisotopic (exact) mass is 261 g/mol. The summed E-state index contributed by atoms with van der Waals surface area (Å²) in [5, 5.41) is 19.2. The third kappa shape index (κ3) is 3.24. The summed E-state index contributed by atoms with van der Waals surface area (Å²) in [5.74, 6) is -0.446. The molecular weight excluding hydrogens is 255 g/mol. The Bertz CT molecular complexity index is 522. The number of hydrogen-bond acceptors (Lipinski definition) is 5. The number of ether oxygens (including phenoxy) is 1. The van der Waals surface area contributed by atoms with Crippen LogP contribution in [0.25, 0.3) is 0 Å². The summed E-state index contributed by atoms with van der Waals surface area (Å²) in [6.45, 7) is -1.61. The van der Waals surface area contributed by atoms with E-state index in [1.165, 1.54) is 6.07 Å². The Hall–Kier alpha value is -2.50. The minimum atomic E-state index is -4.58. The minimum absolute atomic E-state index is 0.379. The van der Waals surface area contributed by atoms with Gasteiger partial charge in [0.2, 0.25) is 0 Å². The van der Waals surface area contributed by atoms with Crippen molar-refractivity contribution in [2.75, 3.05) is 12.3 Å². The average Bonchev–Trinajstić information content (AvgIpc) is 2.24. The Morgan fingerprint density at radius 3 is 2.56 bits per heavy atom. The highest BCUT2D eigenvalue weighted by Crippen LogP contribution is 2.31. The number of halogens is 3. The lowest BCUT2D eigenvalue weighted by Crippen LogP contribution is -2.19. The van der Waals surface area contributed by atoms with Crippen LogP contribution in [-0.2, 0) is 0 Å². The van der Waals surface area contributed by atoms with Crippen LogP contribution in [-0.4, -0.2) is 17.7 Å². The van der Waals surface area contributed by atoms with Crippen molar-refractivity contribution in [3.63, 3.8) is 0 Å². The van der Waals surface area contributed by atoms with Crippen LogP contribution in [0, 0.1) is 21.4 Å². The zero-order chi connectivity index (χ0) is 13.9. The van der Waals surface area contributed by atoms with Crippen molar-refractivity contribution < 1.29 is 22.8 Å². The van der Waals surface area contributed by atoms with Crippen molar-refractivity contribution in [1.82, 2.24) is 0 Å². The Kier molecular flexibility index (Phi) is 3.61. The van der Waals surface area contributed by atoms with Gasteiger partial charge in [-0.2, -0.15) is 18.4 Å². The number of alkyl halides is 3. The lowest BCUT2D eigenvalue weighted by molar-refractivity contribution is -0.383. The molecule has 0 radical (unpaired) electrons. The lowest BCUT2D eigenvalue weighted by Gasteiger charge is -2.10. The SMILES string of the molecule is N#Cc1cc([N+](=O)[O-])c(N)cc1OCC(F)(F)F. The molecule has 0 unspecified atom stereocenters. The zero-order valence-electron chi connectivity index (χ0n) is 8.69. The molecule has 2 N–H and O–H groups in total. The molecule has 1 aromatic carbocycles. The number of nitro groups is 1. The number of nitro benzene ring substituents is 1. The number of nitrogens with zero attached hydrogens (tertiary/aromatic N) is 2. The van der Waals surface area contributed by atoms with Gasteiger partial charge in [0, 0.05) is 12.1 Å². The molecule has 0 aliphatic carbocycles. The summed E-state index contributed by atoms with van der Waals surface area (Å²) in [6.07, 6.45) is -4.58. The van der Waals surface area contributed by atoms with Crippen LogP contribution < -0.4 is 10.5 Å².